The van der Waals surface area contributed by atoms with Crippen LogP contribution in [0.25, 0.3) is 10.6 Å². The molecule has 21 heavy (non-hydrogen) atoms. The van der Waals surface area contributed by atoms with E-state index in [9.17, 15) is 0 Å². The lowest BCUT2D eigenvalue weighted by Crippen LogP contribution is -2.45. The summed E-state index contributed by atoms with van der Waals surface area (Å²) in [6, 6.07) is 6.14. The van der Waals surface area contributed by atoms with Gasteiger partial charge < -0.3 is 9.84 Å². The first kappa shape index (κ1) is 14.7. The Morgan fingerprint density at radius 3 is 3.05 bits per heavy atom. The van der Waals surface area contributed by atoms with E-state index in [0.717, 1.165) is 62.1 Å². The molecule has 3 heterocycles. The maximum atomic E-state index is 5.42. The van der Waals surface area contributed by atoms with E-state index in [4.69, 9.17) is 4.52 Å². The van der Waals surface area contributed by atoms with Crippen LogP contribution in [0.5, 0.6) is 0 Å². The van der Waals surface area contributed by atoms with E-state index in [-0.39, 0.29) is 0 Å². The van der Waals surface area contributed by atoms with E-state index < -0.39 is 0 Å². The summed E-state index contributed by atoms with van der Waals surface area (Å²) in [5.74, 6) is 0.871. The van der Waals surface area contributed by atoms with E-state index in [0.29, 0.717) is 0 Å². The molecular weight excluding hydrogens is 284 g/mol. The second kappa shape index (κ2) is 7.17. The molecule has 1 fully saturated rings. The molecule has 0 bridgehead atoms. The summed E-state index contributed by atoms with van der Waals surface area (Å²) in [7, 11) is 2.14. The monoisotopic (exact) mass is 306 g/mol. The molecule has 1 aliphatic heterocycles. The molecule has 0 amide bonds. The minimum absolute atomic E-state index is 0.834. The number of nitrogens with zero attached hydrogens (tertiary/aromatic N) is 3. The number of rotatable bonds is 6. The Morgan fingerprint density at radius 2 is 2.29 bits per heavy atom. The molecule has 2 aromatic rings. The number of hydrogen-bond acceptors (Lipinski definition) is 6. The van der Waals surface area contributed by atoms with Crippen LogP contribution >= 0.6 is 11.3 Å². The van der Waals surface area contributed by atoms with Gasteiger partial charge in [0.2, 0.25) is 0 Å². The average molecular weight is 306 g/mol. The maximum Gasteiger partial charge on any atom is 0.177 e. The Kier molecular flexibility index (Phi) is 5.03. The maximum absolute atomic E-state index is 5.42. The third-order valence-corrected chi connectivity index (χ3v) is 4.65. The van der Waals surface area contributed by atoms with E-state index in [1.54, 1.807) is 11.3 Å². The van der Waals surface area contributed by atoms with E-state index in [1.165, 1.54) is 0 Å². The number of nitrogens with one attached hydrogen (secondary N) is 1. The molecule has 0 spiro atoms. The molecule has 2 aromatic heterocycles. The highest BCUT2D eigenvalue weighted by Gasteiger charge is 2.12. The Hall–Kier alpha value is -1.21. The van der Waals surface area contributed by atoms with Gasteiger partial charge in [0, 0.05) is 51.9 Å². The molecule has 1 aliphatic rings. The van der Waals surface area contributed by atoms with Crippen LogP contribution in [0.15, 0.2) is 28.1 Å². The molecule has 0 saturated carbocycles. The van der Waals surface area contributed by atoms with Crippen LogP contribution in [0, 0.1) is 0 Å². The van der Waals surface area contributed by atoms with Crippen molar-refractivity contribution in [3.05, 3.63) is 29.3 Å². The second-order valence-corrected chi connectivity index (χ2v) is 6.44. The van der Waals surface area contributed by atoms with Crippen molar-refractivity contribution in [2.45, 2.75) is 6.54 Å². The highest BCUT2D eigenvalue weighted by atomic mass is 32.1. The van der Waals surface area contributed by atoms with Crippen molar-refractivity contribution in [3.8, 4) is 10.6 Å². The zero-order valence-corrected chi connectivity index (χ0v) is 13.2. The molecular formula is C15H22N4OS. The second-order valence-electron chi connectivity index (χ2n) is 5.49. The smallest absolute Gasteiger partial charge is 0.177 e. The minimum Gasteiger partial charge on any atom is -0.355 e. The minimum atomic E-state index is 0.834. The fraction of sp³-hybridized carbons (Fsp3) is 0.533. The molecule has 5 nitrogen and oxygen atoms in total. The molecule has 0 radical (unpaired) electrons. The van der Waals surface area contributed by atoms with Crippen molar-refractivity contribution in [2.24, 2.45) is 0 Å². The van der Waals surface area contributed by atoms with Crippen LogP contribution in [0.1, 0.15) is 5.69 Å². The van der Waals surface area contributed by atoms with Gasteiger partial charge in [-0.25, -0.2) is 0 Å². The molecule has 0 atom stereocenters. The summed E-state index contributed by atoms with van der Waals surface area (Å²) in [5, 5.41) is 9.61. The fourth-order valence-corrected chi connectivity index (χ4v) is 3.20. The molecule has 3 rings (SSSR count). The Bertz CT molecular complexity index is 534. The Balaban J connectivity index is 1.47. The fourth-order valence-electron chi connectivity index (χ4n) is 2.52. The zero-order chi connectivity index (χ0) is 14.5. The van der Waals surface area contributed by atoms with Gasteiger partial charge in [0.05, 0.1) is 10.6 Å². The third-order valence-electron chi connectivity index (χ3n) is 3.76. The van der Waals surface area contributed by atoms with Crippen molar-refractivity contribution in [1.82, 2.24) is 20.3 Å². The lowest BCUT2D eigenvalue weighted by Gasteiger charge is -2.28. The van der Waals surface area contributed by atoms with Crippen LogP contribution < -0.4 is 5.32 Å². The largest absolute Gasteiger partial charge is 0.355 e. The first-order valence-electron chi connectivity index (χ1n) is 7.42. The highest BCUT2D eigenvalue weighted by molar-refractivity contribution is 7.13. The van der Waals surface area contributed by atoms with Crippen LogP contribution in [0.3, 0.4) is 0 Å². The topological polar surface area (TPSA) is 44.5 Å². The number of likely N-dealkylation sites (N-methyl/N-ethyl adjacent to an activating group) is 1. The van der Waals surface area contributed by atoms with Crippen molar-refractivity contribution >= 4 is 11.3 Å². The van der Waals surface area contributed by atoms with E-state index in [2.05, 4.69) is 38.8 Å². The van der Waals surface area contributed by atoms with Gasteiger partial charge in [-0.2, -0.15) is 0 Å². The molecule has 6 heteroatoms. The molecule has 1 N–H and O–H groups in total. The number of thiophene rings is 1. The summed E-state index contributed by atoms with van der Waals surface area (Å²) >= 11 is 1.68. The van der Waals surface area contributed by atoms with Crippen LogP contribution in [-0.2, 0) is 6.54 Å². The highest BCUT2D eigenvalue weighted by Crippen LogP contribution is 2.25. The van der Waals surface area contributed by atoms with E-state index in [1.807, 2.05) is 12.1 Å². The van der Waals surface area contributed by atoms with Crippen LogP contribution in [-0.4, -0.2) is 61.3 Å². The van der Waals surface area contributed by atoms with Gasteiger partial charge in [0.25, 0.3) is 0 Å². The molecule has 0 unspecified atom stereocenters. The predicted octanol–water partition coefficient (Wildman–Crippen LogP) is 1.74. The summed E-state index contributed by atoms with van der Waals surface area (Å²) in [6.07, 6.45) is 0. The normalized spacial score (nSPS) is 16.7. The number of hydrogen-bond donors (Lipinski definition) is 1. The van der Waals surface area contributed by atoms with Gasteiger partial charge in [0.15, 0.2) is 5.76 Å². The summed E-state index contributed by atoms with van der Waals surface area (Å²) in [6.45, 7) is 7.53. The molecule has 0 aliphatic carbocycles. The van der Waals surface area contributed by atoms with Crippen LogP contribution in [0.2, 0.25) is 0 Å². The molecule has 1 saturated heterocycles. The zero-order valence-electron chi connectivity index (χ0n) is 12.4. The lowest BCUT2D eigenvalue weighted by atomic mass is 10.3. The Labute approximate surface area is 129 Å². The average Bonchev–Trinajstić information content (AvgIpc) is 3.17. The summed E-state index contributed by atoms with van der Waals surface area (Å²) in [5.41, 5.74) is 1.00. The summed E-state index contributed by atoms with van der Waals surface area (Å²) in [4.78, 5) is 5.95. The SMILES string of the molecule is CN(CCN1CCNCC1)Cc1cc(-c2cccs2)on1. The third kappa shape index (κ3) is 4.14. The molecule has 0 aromatic carbocycles. The van der Waals surface area contributed by atoms with Gasteiger partial charge in [-0.1, -0.05) is 11.2 Å². The van der Waals surface area contributed by atoms with Crippen molar-refractivity contribution in [3.63, 3.8) is 0 Å². The first-order chi connectivity index (χ1) is 10.3. The molecule has 114 valence electrons. The van der Waals surface area contributed by atoms with Crippen molar-refractivity contribution < 1.29 is 4.52 Å². The summed E-state index contributed by atoms with van der Waals surface area (Å²) < 4.78 is 5.42. The first-order valence-corrected chi connectivity index (χ1v) is 8.30. The van der Waals surface area contributed by atoms with Gasteiger partial charge in [-0.15, -0.1) is 11.3 Å². The van der Waals surface area contributed by atoms with Gasteiger partial charge in [-0.3, -0.25) is 9.80 Å². The van der Waals surface area contributed by atoms with Gasteiger partial charge in [-0.05, 0) is 18.5 Å². The van der Waals surface area contributed by atoms with Crippen molar-refractivity contribution in [2.75, 3.05) is 46.3 Å². The Morgan fingerprint density at radius 1 is 1.43 bits per heavy atom. The van der Waals surface area contributed by atoms with Crippen LogP contribution in [0.4, 0.5) is 0 Å². The number of aromatic nitrogens is 1. The van der Waals surface area contributed by atoms with Gasteiger partial charge >= 0.3 is 0 Å². The van der Waals surface area contributed by atoms with Crippen molar-refractivity contribution in [1.29, 1.82) is 0 Å². The van der Waals surface area contributed by atoms with E-state index >= 15 is 0 Å². The quantitative estimate of drug-likeness (QED) is 0.881. The van der Waals surface area contributed by atoms with Gasteiger partial charge in [0.1, 0.15) is 0 Å². The lowest BCUT2D eigenvalue weighted by molar-refractivity contribution is 0.200. The predicted molar refractivity (Wildman–Crippen MR) is 85.5 cm³/mol. The standard InChI is InChI=1S/C15H22N4OS/c1-18(8-9-19-6-4-16-5-7-19)12-13-11-14(20-17-13)15-3-2-10-21-15/h2-3,10-11,16H,4-9,12H2,1H3. The number of piperazine rings is 1.